The number of ether oxygens (including phenoxy) is 1. The van der Waals surface area contributed by atoms with Crippen LogP contribution in [0.1, 0.15) is 44.9 Å². The van der Waals surface area contributed by atoms with E-state index in [2.05, 4.69) is 9.62 Å². The summed E-state index contributed by atoms with van der Waals surface area (Å²) in [4.78, 5) is 3.06. The molecule has 1 saturated heterocycles. The van der Waals surface area contributed by atoms with Crippen molar-refractivity contribution >= 4 is 10.0 Å². The Labute approximate surface area is 175 Å². The van der Waals surface area contributed by atoms with E-state index in [1.165, 1.54) is 45.1 Å². The van der Waals surface area contributed by atoms with Gasteiger partial charge in [0.1, 0.15) is 5.75 Å². The van der Waals surface area contributed by atoms with E-state index in [9.17, 15) is 8.42 Å². The molecule has 0 aromatic heterocycles. The lowest BCUT2D eigenvalue weighted by Gasteiger charge is -2.58. The second-order valence-corrected chi connectivity index (χ2v) is 11.7. The van der Waals surface area contributed by atoms with Gasteiger partial charge in [-0.2, -0.15) is 0 Å². The molecule has 0 amide bonds. The Morgan fingerprint density at radius 3 is 2.31 bits per heavy atom. The average molecular weight is 419 g/mol. The van der Waals surface area contributed by atoms with Crippen molar-refractivity contribution in [2.45, 2.75) is 55.9 Å². The van der Waals surface area contributed by atoms with Crippen LogP contribution in [0.5, 0.6) is 5.75 Å². The van der Waals surface area contributed by atoms with Gasteiger partial charge in [0.15, 0.2) is 0 Å². The van der Waals surface area contributed by atoms with E-state index in [-0.39, 0.29) is 0 Å². The summed E-state index contributed by atoms with van der Waals surface area (Å²) in [6.45, 7) is 2.80. The monoisotopic (exact) mass is 418 g/mol. The number of methoxy groups -OCH3 is 1. The van der Waals surface area contributed by atoms with Gasteiger partial charge in [-0.3, -0.25) is 4.90 Å². The number of nitrogens with one attached hydrogen (secondary N) is 1. The summed E-state index contributed by atoms with van der Waals surface area (Å²) >= 11 is 0. The van der Waals surface area contributed by atoms with Crippen LogP contribution in [0.25, 0.3) is 0 Å². The highest BCUT2D eigenvalue weighted by atomic mass is 32.2. The highest BCUT2D eigenvalue weighted by Crippen LogP contribution is 2.55. The van der Waals surface area contributed by atoms with Crippen LogP contribution < -0.4 is 9.46 Å². The van der Waals surface area contributed by atoms with E-state index >= 15 is 0 Å². The van der Waals surface area contributed by atoms with Crippen molar-refractivity contribution in [3.63, 3.8) is 0 Å². The molecule has 4 saturated carbocycles. The standard InChI is InChI=1S/C23H34N2O3S/c1-28-21-4-6-22(7-5-21)29(26,27)24-14-16-3-2-8-25(15-16)23-19-10-17-9-18(12-19)13-20(23)11-17/h4-7,16-20,23-24H,2-3,8-15H2,1H3. The van der Waals surface area contributed by atoms with E-state index in [0.717, 1.165) is 42.7 Å². The lowest BCUT2D eigenvalue weighted by Crippen LogP contribution is -2.58. The predicted molar refractivity (Wildman–Crippen MR) is 113 cm³/mol. The molecule has 1 aliphatic heterocycles. The van der Waals surface area contributed by atoms with Gasteiger partial charge >= 0.3 is 0 Å². The van der Waals surface area contributed by atoms with Crippen molar-refractivity contribution in [1.29, 1.82) is 0 Å². The van der Waals surface area contributed by atoms with Crippen LogP contribution in [0.3, 0.4) is 0 Å². The normalized spacial score (nSPS) is 37.0. The Morgan fingerprint density at radius 2 is 1.69 bits per heavy atom. The molecule has 0 spiro atoms. The number of hydrogen-bond donors (Lipinski definition) is 1. The third-order valence-electron chi connectivity index (χ3n) is 8.08. The van der Waals surface area contributed by atoms with Crippen LogP contribution >= 0.6 is 0 Å². The van der Waals surface area contributed by atoms with Crippen molar-refractivity contribution in [2.24, 2.45) is 29.6 Å². The molecule has 6 heteroatoms. The van der Waals surface area contributed by atoms with Crippen LogP contribution in [0.2, 0.25) is 0 Å². The fraction of sp³-hybridized carbons (Fsp3) is 0.739. The number of rotatable bonds is 6. The van der Waals surface area contributed by atoms with Crippen molar-refractivity contribution in [3.05, 3.63) is 24.3 Å². The van der Waals surface area contributed by atoms with E-state index in [1.807, 2.05) is 0 Å². The number of hydrogen-bond acceptors (Lipinski definition) is 4. The smallest absolute Gasteiger partial charge is 0.240 e. The van der Waals surface area contributed by atoms with Crippen LogP contribution in [0.4, 0.5) is 0 Å². The molecule has 1 N–H and O–H groups in total. The van der Waals surface area contributed by atoms with Crippen molar-refractivity contribution < 1.29 is 13.2 Å². The maximum atomic E-state index is 12.7. The average Bonchev–Trinajstić information content (AvgIpc) is 2.72. The molecule has 1 unspecified atom stereocenters. The Morgan fingerprint density at radius 1 is 1.03 bits per heavy atom. The highest BCUT2D eigenvalue weighted by molar-refractivity contribution is 7.89. The summed E-state index contributed by atoms with van der Waals surface area (Å²) in [5.41, 5.74) is 0. The molecule has 1 heterocycles. The number of sulfonamides is 1. The summed E-state index contributed by atoms with van der Waals surface area (Å²) < 4.78 is 33.4. The molecule has 160 valence electrons. The van der Waals surface area contributed by atoms with Gasteiger partial charge in [-0.1, -0.05) is 0 Å². The van der Waals surface area contributed by atoms with Gasteiger partial charge in [0, 0.05) is 19.1 Å². The molecule has 4 aliphatic carbocycles. The third kappa shape index (κ3) is 3.96. The quantitative estimate of drug-likeness (QED) is 0.768. The van der Waals surface area contributed by atoms with E-state index < -0.39 is 10.0 Å². The summed E-state index contributed by atoms with van der Waals surface area (Å²) in [7, 11) is -1.88. The van der Waals surface area contributed by atoms with Gasteiger partial charge in [0.25, 0.3) is 0 Å². The summed E-state index contributed by atoms with van der Waals surface area (Å²) in [5, 5.41) is 0. The predicted octanol–water partition coefficient (Wildman–Crippen LogP) is 3.51. The topological polar surface area (TPSA) is 58.6 Å². The zero-order valence-electron chi connectivity index (χ0n) is 17.4. The second-order valence-electron chi connectivity index (χ2n) is 9.95. The Hall–Kier alpha value is -1.11. The third-order valence-corrected chi connectivity index (χ3v) is 9.52. The van der Waals surface area contributed by atoms with Gasteiger partial charge in [-0.25, -0.2) is 13.1 Å². The molecular weight excluding hydrogens is 384 g/mol. The number of piperidine rings is 1. The lowest BCUT2D eigenvalue weighted by molar-refractivity contribution is -0.0754. The van der Waals surface area contributed by atoms with Crippen molar-refractivity contribution in [1.82, 2.24) is 9.62 Å². The van der Waals surface area contributed by atoms with E-state index in [0.29, 0.717) is 23.1 Å². The molecule has 4 bridgehead atoms. The number of likely N-dealkylation sites (tertiary alicyclic amines) is 1. The molecule has 29 heavy (non-hydrogen) atoms. The molecule has 5 fully saturated rings. The van der Waals surface area contributed by atoms with Gasteiger partial charge in [0.2, 0.25) is 10.0 Å². The maximum absolute atomic E-state index is 12.7. The summed E-state index contributed by atoms with van der Waals surface area (Å²) in [6, 6.07) is 7.39. The Balaban J connectivity index is 1.20. The maximum Gasteiger partial charge on any atom is 0.240 e. The van der Waals surface area contributed by atoms with Crippen LogP contribution in [0.15, 0.2) is 29.2 Å². The van der Waals surface area contributed by atoms with Crippen LogP contribution in [-0.2, 0) is 10.0 Å². The zero-order chi connectivity index (χ0) is 20.0. The zero-order valence-corrected chi connectivity index (χ0v) is 18.2. The Bertz CT molecular complexity index is 795. The molecule has 6 rings (SSSR count). The SMILES string of the molecule is COc1ccc(S(=O)(=O)NCC2CCCN(C3C4CC5CC(C4)CC3C5)C2)cc1. The van der Waals surface area contributed by atoms with Gasteiger partial charge in [-0.05, 0) is 105 Å². The fourth-order valence-electron chi connectivity index (χ4n) is 7.09. The molecule has 0 radical (unpaired) electrons. The molecule has 5 aliphatic rings. The number of benzene rings is 1. The minimum Gasteiger partial charge on any atom is -0.497 e. The van der Waals surface area contributed by atoms with Gasteiger partial charge < -0.3 is 4.74 Å². The second kappa shape index (κ2) is 7.86. The molecular formula is C23H34N2O3S. The first-order valence-corrected chi connectivity index (χ1v) is 12.9. The molecule has 1 aromatic carbocycles. The van der Waals surface area contributed by atoms with Crippen LogP contribution in [-0.4, -0.2) is 46.1 Å². The van der Waals surface area contributed by atoms with Crippen LogP contribution in [0, 0.1) is 29.6 Å². The minimum atomic E-state index is -3.47. The number of nitrogens with zero attached hydrogens (tertiary/aromatic N) is 1. The Kier molecular flexibility index (Phi) is 5.37. The largest absolute Gasteiger partial charge is 0.497 e. The van der Waals surface area contributed by atoms with E-state index in [4.69, 9.17) is 4.74 Å². The molecule has 1 aromatic rings. The summed E-state index contributed by atoms with van der Waals surface area (Å²) in [5.74, 6) is 4.90. The highest BCUT2D eigenvalue weighted by Gasteiger charge is 2.50. The molecule has 5 nitrogen and oxygen atoms in total. The van der Waals surface area contributed by atoms with Gasteiger partial charge in [0.05, 0.1) is 12.0 Å². The summed E-state index contributed by atoms with van der Waals surface area (Å²) in [6.07, 6.45) is 9.60. The van der Waals surface area contributed by atoms with Crippen molar-refractivity contribution in [2.75, 3.05) is 26.7 Å². The van der Waals surface area contributed by atoms with Gasteiger partial charge in [-0.15, -0.1) is 0 Å². The van der Waals surface area contributed by atoms with E-state index in [1.54, 1.807) is 31.4 Å². The first-order valence-electron chi connectivity index (χ1n) is 11.4. The fourth-order valence-corrected chi connectivity index (χ4v) is 8.21. The first-order chi connectivity index (χ1) is 14.0. The molecule has 1 atom stereocenters. The van der Waals surface area contributed by atoms with Crippen molar-refractivity contribution in [3.8, 4) is 5.75 Å². The minimum absolute atomic E-state index is 0.312. The lowest BCUT2D eigenvalue weighted by atomic mass is 9.53. The first kappa shape index (κ1) is 19.8.